The second-order valence-electron chi connectivity index (χ2n) is 13.1. The predicted octanol–water partition coefficient (Wildman–Crippen LogP) is 5.77. The quantitative estimate of drug-likeness (QED) is 0.239. The Morgan fingerprint density at radius 1 is 1.00 bits per heavy atom. The van der Waals surface area contributed by atoms with Crippen molar-refractivity contribution < 1.29 is 28.6 Å². The molecular weight excluding hydrogens is 532 g/mol. The molecule has 230 valence electrons. The van der Waals surface area contributed by atoms with Crippen LogP contribution in [-0.2, 0) is 32.2 Å². The van der Waals surface area contributed by atoms with Crippen LogP contribution in [0.3, 0.4) is 0 Å². The lowest BCUT2D eigenvalue weighted by Gasteiger charge is -2.47. The fourth-order valence-corrected chi connectivity index (χ4v) is 5.58. The first kappa shape index (κ1) is 33.0. The highest BCUT2D eigenvalue weighted by Gasteiger charge is 2.64. The van der Waals surface area contributed by atoms with E-state index in [2.05, 4.69) is 5.32 Å². The lowest BCUT2D eigenvalue weighted by atomic mass is 9.56. The molecule has 2 atom stereocenters. The number of nitrogens with one attached hydrogen (secondary N) is 1. The fraction of sp³-hybridized carbons (Fsp3) is 0.559. The molecule has 0 bridgehead atoms. The summed E-state index contributed by atoms with van der Waals surface area (Å²) >= 11 is 0. The standard InChI is InChI=1S/C34H48N2O6/c1-23(2)19-27(29(37)36(7)22-25-15-16-26(40-8)20-28(25)41-9)34(32(3,4)5,31(39)42-33(6)17-18-33)30(38)35-21-24-13-11-10-12-14-24/h10-16,20,23,27H,17-19,21-22H2,1-9H3,(H,35,38)/t27-,34?/m0/s1. The molecule has 2 amide bonds. The summed E-state index contributed by atoms with van der Waals surface area (Å²) in [5.74, 6) is -1.17. The Labute approximate surface area is 251 Å². The van der Waals surface area contributed by atoms with Gasteiger partial charge in [-0.15, -0.1) is 0 Å². The minimum absolute atomic E-state index is 0.0239. The van der Waals surface area contributed by atoms with Gasteiger partial charge in [-0.25, -0.2) is 0 Å². The number of carbonyl (C=O) groups is 3. The number of amides is 2. The number of hydrogen-bond acceptors (Lipinski definition) is 6. The third-order valence-corrected chi connectivity index (χ3v) is 8.26. The maximum Gasteiger partial charge on any atom is 0.323 e. The first-order valence-corrected chi connectivity index (χ1v) is 14.7. The number of rotatable bonds is 13. The van der Waals surface area contributed by atoms with Crippen LogP contribution < -0.4 is 14.8 Å². The van der Waals surface area contributed by atoms with Crippen LogP contribution in [0.25, 0.3) is 0 Å². The highest BCUT2D eigenvalue weighted by Crippen LogP contribution is 2.52. The molecule has 42 heavy (non-hydrogen) atoms. The SMILES string of the molecule is COc1ccc(CN(C)C(=O)[C@H](CC(C)C)C(C(=O)NCc2ccccc2)(C(=O)OC2(C)CC2)C(C)(C)C)c(OC)c1. The van der Waals surface area contributed by atoms with E-state index in [1.165, 1.54) is 0 Å². The number of methoxy groups -OCH3 is 2. The molecule has 1 aliphatic rings. The number of ether oxygens (including phenoxy) is 3. The van der Waals surface area contributed by atoms with Gasteiger partial charge < -0.3 is 24.4 Å². The van der Waals surface area contributed by atoms with E-state index in [9.17, 15) is 14.4 Å². The van der Waals surface area contributed by atoms with Crippen molar-refractivity contribution in [2.24, 2.45) is 22.7 Å². The maximum atomic E-state index is 14.5. The van der Waals surface area contributed by atoms with Crippen molar-refractivity contribution >= 4 is 17.8 Å². The fourth-order valence-electron chi connectivity index (χ4n) is 5.58. The van der Waals surface area contributed by atoms with Gasteiger partial charge in [0.25, 0.3) is 0 Å². The van der Waals surface area contributed by atoms with Gasteiger partial charge in [-0.2, -0.15) is 0 Å². The molecule has 1 unspecified atom stereocenters. The molecule has 1 N–H and O–H groups in total. The third-order valence-electron chi connectivity index (χ3n) is 8.26. The molecule has 1 fully saturated rings. The van der Waals surface area contributed by atoms with Gasteiger partial charge in [0.05, 0.1) is 20.1 Å². The molecule has 0 spiro atoms. The van der Waals surface area contributed by atoms with Crippen molar-refractivity contribution in [1.29, 1.82) is 0 Å². The van der Waals surface area contributed by atoms with Gasteiger partial charge in [-0.05, 0) is 55.2 Å². The van der Waals surface area contributed by atoms with Gasteiger partial charge in [-0.3, -0.25) is 14.4 Å². The van der Waals surface area contributed by atoms with E-state index in [1.54, 1.807) is 32.2 Å². The van der Waals surface area contributed by atoms with Crippen LogP contribution in [0.5, 0.6) is 11.5 Å². The van der Waals surface area contributed by atoms with Crippen LogP contribution in [0, 0.1) is 22.7 Å². The Hall–Kier alpha value is -3.55. The highest BCUT2D eigenvalue weighted by molar-refractivity contribution is 6.08. The first-order chi connectivity index (χ1) is 19.7. The summed E-state index contributed by atoms with van der Waals surface area (Å²) in [6, 6.07) is 15.0. The summed E-state index contributed by atoms with van der Waals surface area (Å²) in [5, 5.41) is 3.02. The van der Waals surface area contributed by atoms with Gasteiger partial charge >= 0.3 is 5.97 Å². The second-order valence-corrected chi connectivity index (χ2v) is 13.1. The van der Waals surface area contributed by atoms with Crippen molar-refractivity contribution in [3.63, 3.8) is 0 Å². The molecule has 1 aliphatic carbocycles. The Morgan fingerprint density at radius 3 is 2.17 bits per heavy atom. The third kappa shape index (κ3) is 7.26. The van der Waals surface area contributed by atoms with E-state index in [0.29, 0.717) is 17.9 Å². The first-order valence-electron chi connectivity index (χ1n) is 14.7. The highest BCUT2D eigenvalue weighted by atomic mass is 16.6. The van der Waals surface area contributed by atoms with Crippen LogP contribution in [-0.4, -0.2) is 49.6 Å². The Bertz CT molecular complexity index is 1250. The summed E-state index contributed by atoms with van der Waals surface area (Å²) in [6.07, 6.45) is 1.78. The van der Waals surface area contributed by atoms with Gasteiger partial charge in [0.15, 0.2) is 5.41 Å². The Kier molecular flexibility index (Phi) is 10.3. The summed E-state index contributed by atoms with van der Waals surface area (Å²) in [6.45, 7) is 11.9. The molecule has 0 aromatic heterocycles. The number of carbonyl (C=O) groups excluding carboxylic acids is 3. The van der Waals surface area contributed by atoms with Gasteiger partial charge in [0, 0.05) is 31.8 Å². The number of hydrogen-bond donors (Lipinski definition) is 1. The average molecular weight is 581 g/mol. The van der Waals surface area contributed by atoms with E-state index in [1.807, 2.05) is 84.0 Å². The number of nitrogens with zero attached hydrogens (tertiary/aromatic N) is 1. The minimum atomic E-state index is -1.78. The number of esters is 1. The minimum Gasteiger partial charge on any atom is -0.497 e. The van der Waals surface area contributed by atoms with Crippen molar-refractivity contribution in [1.82, 2.24) is 10.2 Å². The van der Waals surface area contributed by atoms with Gasteiger partial charge in [0.1, 0.15) is 17.1 Å². The average Bonchev–Trinajstić information content (AvgIpc) is 3.66. The zero-order valence-corrected chi connectivity index (χ0v) is 26.7. The smallest absolute Gasteiger partial charge is 0.323 e. The Balaban J connectivity index is 2.09. The van der Waals surface area contributed by atoms with Gasteiger partial charge in [0.2, 0.25) is 11.8 Å². The summed E-state index contributed by atoms with van der Waals surface area (Å²) in [7, 11) is 4.84. The van der Waals surface area contributed by atoms with Crippen molar-refractivity contribution in [3.8, 4) is 11.5 Å². The van der Waals surface area contributed by atoms with Crippen LogP contribution in [0.15, 0.2) is 48.5 Å². The molecule has 2 aromatic carbocycles. The monoisotopic (exact) mass is 580 g/mol. The van der Waals surface area contributed by atoms with E-state index >= 15 is 0 Å². The van der Waals surface area contributed by atoms with Crippen LogP contribution >= 0.6 is 0 Å². The second kappa shape index (κ2) is 13.2. The molecule has 3 rings (SSSR count). The molecule has 0 saturated heterocycles. The molecule has 8 nitrogen and oxygen atoms in total. The lowest BCUT2D eigenvalue weighted by molar-refractivity contribution is -0.186. The molecule has 0 aliphatic heterocycles. The molecule has 2 aromatic rings. The van der Waals surface area contributed by atoms with Gasteiger partial charge in [-0.1, -0.05) is 65.0 Å². The van der Waals surface area contributed by atoms with Crippen molar-refractivity contribution in [2.45, 2.75) is 79.5 Å². The molecule has 0 radical (unpaired) electrons. The van der Waals surface area contributed by atoms with Crippen LogP contribution in [0.4, 0.5) is 0 Å². The zero-order valence-electron chi connectivity index (χ0n) is 26.7. The molecule has 8 heteroatoms. The molecule has 1 saturated carbocycles. The summed E-state index contributed by atoms with van der Waals surface area (Å²) in [5.41, 5.74) is -1.69. The van der Waals surface area contributed by atoms with Crippen molar-refractivity contribution in [2.75, 3.05) is 21.3 Å². The zero-order chi connectivity index (χ0) is 31.3. The van der Waals surface area contributed by atoms with Crippen molar-refractivity contribution in [3.05, 3.63) is 59.7 Å². The largest absolute Gasteiger partial charge is 0.497 e. The van der Waals surface area contributed by atoms with Crippen LogP contribution in [0.2, 0.25) is 0 Å². The van der Waals surface area contributed by atoms with E-state index in [0.717, 1.165) is 24.0 Å². The van der Waals surface area contributed by atoms with Crippen LogP contribution in [0.1, 0.15) is 71.9 Å². The molecule has 0 heterocycles. The summed E-state index contributed by atoms with van der Waals surface area (Å²) < 4.78 is 17.0. The van der Waals surface area contributed by atoms with E-state index in [4.69, 9.17) is 14.2 Å². The Morgan fingerprint density at radius 2 is 1.64 bits per heavy atom. The molecular formula is C34H48N2O6. The summed E-state index contributed by atoms with van der Waals surface area (Å²) in [4.78, 5) is 45.0. The topological polar surface area (TPSA) is 94.2 Å². The van der Waals surface area contributed by atoms with E-state index in [-0.39, 0.29) is 24.9 Å². The normalized spacial score (nSPS) is 16.1. The predicted molar refractivity (Wildman–Crippen MR) is 163 cm³/mol. The maximum absolute atomic E-state index is 14.5. The number of benzene rings is 2. The van der Waals surface area contributed by atoms with E-state index < -0.39 is 34.2 Å². The lowest BCUT2D eigenvalue weighted by Crippen LogP contribution is -2.62.